The molecule has 26 heavy (non-hydrogen) atoms. The van der Waals surface area contributed by atoms with Gasteiger partial charge in [-0.2, -0.15) is 0 Å². The Kier molecular flexibility index (Phi) is 4.49. The van der Waals surface area contributed by atoms with Gasteiger partial charge in [-0.05, 0) is 60.7 Å². The lowest BCUT2D eigenvalue weighted by Crippen LogP contribution is -2.05. The molecular weight excluding hydrogens is 418 g/mol. The Labute approximate surface area is 162 Å². The molecule has 0 radical (unpaired) electrons. The zero-order chi connectivity index (χ0) is 18.1. The van der Waals surface area contributed by atoms with Crippen LogP contribution in [0.1, 0.15) is 11.3 Å². The average molecular weight is 429 g/mol. The van der Waals surface area contributed by atoms with E-state index in [4.69, 9.17) is 20.8 Å². The van der Waals surface area contributed by atoms with E-state index in [9.17, 15) is 4.79 Å². The van der Waals surface area contributed by atoms with Crippen molar-refractivity contribution < 1.29 is 13.9 Å². The minimum absolute atomic E-state index is 0.194. The van der Waals surface area contributed by atoms with E-state index in [0.29, 0.717) is 16.5 Å². The van der Waals surface area contributed by atoms with Crippen molar-refractivity contribution in [3.8, 4) is 11.3 Å². The first-order valence-electron chi connectivity index (χ1n) is 7.73. The summed E-state index contributed by atoms with van der Waals surface area (Å²) in [6.07, 6.45) is 1.56. The van der Waals surface area contributed by atoms with Crippen LogP contribution in [-0.2, 0) is 9.53 Å². The third-order valence-corrected chi connectivity index (χ3v) is 4.53. The molecular formula is C20H11BrClNO3. The second-order valence-corrected chi connectivity index (χ2v) is 6.90. The molecule has 0 spiro atoms. The summed E-state index contributed by atoms with van der Waals surface area (Å²) in [6.45, 7) is 0. The number of halogens is 2. The summed E-state index contributed by atoms with van der Waals surface area (Å²) in [5.41, 5.74) is 1.82. The van der Waals surface area contributed by atoms with Gasteiger partial charge in [0.2, 0.25) is 5.90 Å². The van der Waals surface area contributed by atoms with Gasteiger partial charge >= 0.3 is 5.97 Å². The number of hydrogen-bond donors (Lipinski definition) is 0. The highest BCUT2D eigenvalue weighted by Crippen LogP contribution is 2.26. The molecule has 128 valence electrons. The number of hydrogen-bond acceptors (Lipinski definition) is 4. The van der Waals surface area contributed by atoms with Crippen molar-refractivity contribution in [3.05, 3.63) is 87.2 Å². The quantitative estimate of drug-likeness (QED) is 0.397. The number of ether oxygens (including phenoxy) is 1. The van der Waals surface area contributed by atoms with Crippen molar-refractivity contribution in [2.75, 3.05) is 0 Å². The first-order chi connectivity index (χ1) is 12.6. The van der Waals surface area contributed by atoms with Crippen LogP contribution in [-0.4, -0.2) is 11.9 Å². The smallest absolute Gasteiger partial charge is 0.363 e. The number of furan rings is 1. The van der Waals surface area contributed by atoms with Crippen molar-refractivity contribution in [1.29, 1.82) is 0 Å². The van der Waals surface area contributed by atoms with E-state index in [2.05, 4.69) is 20.9 Å². The molecule has 2 aromatic carbocycles. The van der Waals surface area contributed by atoms with Gasteiger partial charge in [-0.25, -0.2) is 9.79 Å². The fourth-order valence-corrected chi connectivity index (χ4v) is 2.85. The largest absolute Gasteiger partial charge is 0.457 e. The molecule has 0 unspecified atom stereocenters. The van der Waals surface area contributed by atoms with Crippen LogP contribution in [0.3, 0.4) is 0 Å². The van der Waals surface area contributed by atoms with Crippen molar-refractivity contribution in [2.45, 2.75) is 0 Å². The molecule has 0 aliphatic carbocycles. The first-order valence-corrected chi connectivity index (χ1v) is 8.90. The van der Waals surface area contributed by atoms with E-state index < -0.39 is 5.97 Å². The summed E-state index contributed by atoms with van der Waals surface area (Å²) in [6, 6.07) is 18.3. The molecule has 0 atom stereocenters. The first kappa shape index (κ1) is 16.8. The lowest BCUT2D eigenvalue weighted by molar-refractivity contribution is -0.129. The number of cyclic esters (lactones) is 1. The second kappa shape index (κ2) is 6.94. The maximum absolute atomic E-state index is 12.1. The average Bonchev–Trinajstić information content (AvgIpc) is 3.24. The van der Waals surface area contributed by atoms with E-state index >= 15 is 0 Å². The molecule has 0 bridgehead atoms. The number of aliphatic imine (C=N–C) groups is 1. The molecule has 0 amide bonds. The van der Waals surface area contributed by atoms with Crippen LogP contribution in [0.4, 0.5) is 0 Å². The van der Waals surface area contributed by atoms with Gasteiger partial charge in [0.1, 0.15) is 11.5 Å². The van der Waals surface area contributed by atoms with Crippen LogP contribution in [0.15, 0.2) is 80.2 Å². The lowest BCUT2D eigenvalue weighted by Gasteiger charge is -1.98. The van der Waals surface area contributed by atoms with Crippen LogP contribution in [0.25, 0.3) is 17.4 Å². The Morgan fingerprint density at radius 3 is 2.35 bits per heavy atom. The summed E-state index contributed by atoms with van der Waals surface area (Å²) in [5, 5.41) is 0.658. The van der Waals surface area contributed by atoms with Crippen LogP contribution < -0.4 is 0 Å². The molecule has 4 rings (SSSR count). The number of carbonyl (C=O) groups excluding carboxylic acids is 1. The zero-order valence-corrected chi connectivity index (χ0v) is 15.6. The number of rotatable bonds is 3. The molecule has 0 saturated heterocycles. The second-order valence-electron chi connectivity index (χ2n) is 5.55. The van der Waals surface area contributed by atoms with Crippen molar-refractivity contribution in [1.82, 2.24) is 0 Å². The molecule has 1 aliphatic heterocycles. The Morgan fingerprint density at radius 1 is 0.923 bits per heavy atom. The van der Waals surface area contributed by atoms with Crippen LogP contribution in [0.2, 0.25) is 5.02 Å². The predicted molar refractivity (Wildman–Crippen MR) is 104 cm³/mol. The van der Waals surface area contributed by atoms with E-state index in [1.54, 1.807) is 24.3 Å². The molecule has 4 nitrogen and oxygen atoms in total. The van der Waals surface area contributed by atoms with Gasteiger partial charge in [-0.3, -0.25) is 0 Å². The molecule has 1 aromatic heterocycles. The van der Waals surface area contributed by atoms with E-state index in [1.165, 1.54) is 0 Å². The maximum Gasteiger partial charge on any atom is 0.363 e. The molecule has 3 aromatic rings. The third kappa shape index (κ3) is 3.49. The normalized spacial score (nSPS) is 15.2. The summed E-state index contributed by atoms with van der Waals surface area (Å²) < 4.78 is 12.0. The Hall–Kier alpha value is -2.63. The summed E-state index contributed by atoms with van der Waals surface area (Å²) in [5.74, 6) is 0.963. The SMILES string of the molecule is O=C1OC(c2ccc(Br)cc2)=N/C1=C\c1ccc(-c2ccc(Cl)cc2)o1. The summed E-state index contributed by atoms with van der Waals surface area (Å²) in [7, 11) is 0. The number of benzene rings is 2. The fourth-order valence-electron chi connectivity index (χ4n) is 2.46. The Morgan fingerprint density at radius 2 is 1.62 bits per heavy atom. The molecule has 0 fully saturated rings. The number of carbonyl (C=O) groups is 1. The minimum Gasteiger partial charge on any atom is -0.457 e. The van der Waals surface area contributed by atoms with Crippen LogP contribution in [0, 0.1) is 0 Å². The third-order valence-electron chi connectivity index (χ3n) is 3.75. The van der Waals surface area contributed by atoms with Gasteiger partial charge in [0.05, 0.1) is 0 Å². The highest BCUT2D eigenvalue weighted by molar-refractivity contribution is 9.10. The van der Waals surface area contributed by atoms with E-state index in [-0.39, 0.29) is 11.6 Å². The van der Waals surface area contributed by atoms with Crippen molar-refractivity contribution >= 4 is 45.5 Å². The van der Waals surface area contributed by atoms with Crippen molar-refractivity contribution in [2.24, 2.45) is 4.99 Å². The number of esters is 1. The number of nitrogens with zero attached hydrogens (tertiary/aromatic N) is 1. The van der Waals surface area contributed by atoms with Gasteiger partial charge in [-0.15, -0.1) is 0 Å². The maximum atomic E-state index is 12.1. The van der Waals surface area contributed by atoms with Crippen LogP contribution in [0.5, 0.6) is 0 Å². The lowest BCUT2D eigenvalue weighted by atomic mass is 10.2. The summed E-state index contributed by atoms with van der Waals surface area (Å²) in [4.78, 5) is 16.3. The molecule has 0 saturated carbocycles. The minimum atomic E-state index is -0.507. The zero-order valence-electron chi connectivity index (χ0n) is 13.3. The van der Waals surface area contributed by atoms with E-state index in [0.717, 1.165) is 15.6 Å². The van der Waals surface area contributed by atoms with Gasteiger partial charge < -0.3 is 9.15 Å². The Balaban J connectivity index is 1.61. The molecule has 1 aliphatic rings. The Bertz CT molecular complexity index is 1030. The van der Waals surface area contributed by atoms with Gasteiger partial charge in [0.15, 0.2) is 5.70 Å². The van der Waals surface area contributed by atoms with Gasteiger partial charge in [-0.1, -0.05) is 27.5 Å². The highest BCUT2D eigenvalue weighted by atomic mass is 79.9. The van der Waals surface area contributed by atoms with Gasteiger partial charge in [0.25, 0.3) is 0 Å². The van der Waals surface area contributed by atoms with Crippen molar-refractivity contribution in [3.63, 3.8) is 0 Å². The predicted octanol–water partition coefficient (Wildman–Crippen LogP) is 5.71. The standard InChI is InChI=1S/C20H11BrClNO3/c21-14-5-1-13(2-6-14)19-23-17(20(24)26-19)11-16-9-10-18(25-16)12-3-7-15(22)8-4-12/h1-11H/b17-11-. The molecule has 0 N–H and O–H groups in total. The van der Waals surface area contributed by atoms with Gasteiger partial charge in [0, 0.05) is 26.7 Å². The summed E-state index contributed by atoms with van der Waals surface area (Å²) >= 11 is 9.27. The molecule has 2 heterocycles. The highest BCUT2D eigenvalue weighted by Gasteiger charge is 2.24. The fraction of sp³-hybridized carbons (Fsp3) is 0. The molecule has 6 heteroatoms. The topological polar surface area (TPSA) is 51.8 Å². The van der Waals surface area contributed by atoms with E-state index in [1.807, 2.05) is 42.5 Å². The van der Waals surface area contributed by atoms with Crippen LogP contribution >= 0.6 is 27.5 Å². The monoisotopic (exact) mass is 427 g/mol.